The Balaban J connectivity index is 1.61. The van der Waals surface area contributed by atoms with E-state index in [0.29, 0.717) is 18.0 Å². The van der Waals surface area contributed by atoms with Crippen molar-refractivity contribution >= 4 is 23.2 Å². The predicted octanol–water partition coefficient (Wildman–Crippen LogP) is 3.57. The Morgan fingerprint density at radius 2 is 1.76 bits per heavy atom. The summed E-state index contributed by atoms with van der Waals surface area (Å²) in [5.41, 5.74) is 4.09. The lowest BCUT2D eigenvalue weighted by Crippen LogP contribution is -2.48. The van der Waals surface area contributed by atoms with E-state index in [0.717, 1.165) is 43.0 Å². The number of amides is 1. The molecule has 0 radical (unpaired) electrons. The molecule has 0 spiro atoms. The largest absolute Gasteiger partial charge is 0.304 e. The minimum Gasteiger partial charge on any atom is -0.304 e. The van der Waals surface area contributed by atoms with Gasteiger partial charge in [-0.1, -0.05) is 54.1 Å². The van der Waals surface area contributed by atoms with Crippen LogP contribution in [-0.2, 0) is 4.79 Å². The number of nitrogens with zero attached hydrogens (tertiary/aromatic N) is 4. The van der Waals surface area contributed by atoms with Crippen LogP contribution in [-0.4, -0.2) is 66.2 Å². The highest BCUT2D eigenvalue weighted by Crippen LogP contribution is 2.35. The first-order chi connectivity index (χ1) is 14.0. The SMILES string of the molecule is Cc1ccccc1C1CC(c2ccccc2Cl)=NN1C(=O)CN1CCN(C)CC1. The molecule has 0 aromatic heterocycles. The second kappa shape index (κ2) is 8.66. The molecule has 2 aromatic carbocycles. The Kier molecular flexibility index (Phi) is 5.99. The molecule has 2 aliphatic rings. The van der Waals surface area contributed by atoms with Crippen LogP contribution < -0.4 is 0 Å². The van der Waals surface area contributed by atoms with Crippen LogP contribution in [0.2, 0.25) is 5.02 Å². The Morgan fingerprint density at radius 1 is 1.07 bits per heavy atom. The molecule has 29 heavy (non-hydrogen) atoms. The Hall–Kier alpha value is -2.21. The second-order valence-corrected chi connectivity index (χ2v) is 8.33. The first-order valence-corrected chi connectivity index (χ1v) is 10.5. The molecule has 1 amide bonds. The number of rotatable bonds is 4. The number of likely N-dealkylation sites (N-methyl/N-ethyl adjacent to an activating group) is 1. The van der Waals surface area contributed by atoms with Crippen LogP contribution in [0, 0.1) is 6.92 Å². The maximum absolute atomic E-state index is 13.3. The van der Waals surface area contributed by atoms with Crippen molar-refractivity contribution in [2.24, 2.45) is 5.10 Å². The van der Waals surface area contributed by atoms with Gasteiger partial charge in [-0.2, -0.15) is 5.10 Å². The number of piperazine rings is 1. The molecule has 152 valence electrons. The molecule has 1 unspecified atom stereocenters. The third kappa shape index (κ3) is 4.37. The first kappa shape index (κ1) is 20.1. The van der Waals surface area contributed by atoms with E-state index in [1.807, 2.05) is 36.4 Å². The zero-order valence-electron chi connectivity index (χ0n) is 17.0. The molecule has 0 saturated carbocycles. The van der Waals surface area contributed by atoms with Crippen molar-refractivity contribution in [1.29, 1.82) is 0 Å². The van der Waals surface area contributed by atoms with E-state index in [1.54, 1.807) is 5.01 Å². The van der Waals surface area contributed by atoms with Crippen LogP contribution in [0.5, 0.6) is 0 Å². The molecular formula is C23H27ClN4O. The zero-order chi connectivity index (χ0) is 20.4. The fourth-order valence-corrected chi connectivity index (χ4v) is 4.32. The molecule has 1 saturated heterocycles. The molecule has 0 aliphatic carbocycles. The Labute approximate surface area is 177 Å². The number of hydrazone groups is 1. The van der Waals surface area contributed by atoms with Crippen LogP contribution >= 0.6 is 11.6 Å². The molecule has 1 atom stereocenters. The van der Waals surface area contributed by atoms with E-state index < -0.39 is 0 Å². The van der Waals surface area contributed by atoms with Gasteiger partial charge in [0.15, 0.2) is 0 Å². The van der Waals surface area contributed by atoms with Gasteiger partial charge in [-0.15, -0.1) is 0 Å². The maximum Gasteiger partial charge on any atom is 0.257 e. The van der Waals surface area contributed by atoms with E-state index in [1.165, 1.54) is 5.56 Å². The molecule has 0 bridgehead atoms. The summed E-state index contributed by atoms with van der Waals surface area (Å²) in [6, 6.07) is 15.9. The smallest absolute Gasteiger partial charge is 0.257 e. The Morgan fingerprint density at radius 3 is 2.48 bits per heavy atom. The summed E-state index contributed by atoms with van der Waals surface area (Å²) in [5, 5.41) is 7.14. The number of hydrogen-bond donors (Lipinski definition) is 0. The van der Waals surface area contributed by atoms with Crippen molar-refractivity contribution in [2.75, 3.05) is 39.8 Å². The molecule has 1 fully saturated rings. The summed E-state index contributed by atoms with van der Waals surface area (Å²) in [6.45, 7) is 6.28. The summed E-state index contributed by atoms with van der Waals surface area (Å²) < 4.78 is 0. The van der Waals surface area contributed by atoms with E-state index in [9.17, 15) is 4.79 Å². The van der Waals surface area contributed by atoms with Gasteiger partial charge in [-0.05, 0) is 31.2 Å². The van der Waals surface area contributed by atoms with Crippen LogP contribution in [0.1, 0.15) is 29.2 Å². The van der Waals surface area contributed by atoms with Crippen molar-refractivity contribution in [1.82, 2.24) is 14.8 Å². The monoisotopic (exact) mass is 410 g/mol. The third-order valence-corrected chi connectivity index (χ3v) is 6.18. The molecular weight excluding hydrogens is 384 g/mol. The molecule has 2 aromatic rings. The highest BCUT2D eigenvalue weighted by atomic mass is 35.5. The van der Waals surface area contributed by atoms with Crippen molar-refractivity contribution < 1.29 is 4.79 Å². The second-order valence-electron chi connectivity index (χ2n) is 7.92. The van der Waals surface area contributed by atoms with Crippen molar-refractivity contribution in [3.05, 3.63) is 70.2 Å². The van der Waals surface area contributed by atoms with Crippen molar-refractivity contribution in [3.8, 4) is 0 Å². The zero-order valence-corrected chi connectivity index (χ0v) is 17.8. The predicted molar refractivity (Wildman–Crippen MR) is 117 cm³/mol. The summed E-state index contributed by atoms with van der Waals surface area (Å²) in [4.78, 5) is 17.8. The van der Waals surface area contributed by atoms with Crippen LogP contribution in [0.3, 0.4) is 0 Å². The van der Waals surface area contributed by atoms with E-state index in [-0.39, 0.29) is 11.9 Å². The van der Waals surface area contributed by atoms with Gasteiger partial charge in [0.25, 0.3) is 5.91 Å². The van der Waals surface area contributed by atoms with Crippen molar-refractivity contribution in [2.45, 2.75) is 19.4 Å². The van der Waals surface area contributed by atoms with Gasteiger partial charge in [-0.25, -0.2) is 5.01 Å². The first-order valence-electron chi connectivity index (χ1n) is 10.1. The number of carbonyl (C=O) groups is 1. The van der Waals surface area contributed by atoms with E-state index >= 15 is 0 Å². The van der Waals surface area contributed by atoms with Gasteiger partial charge >= 0.3 is 0 Å². The third-order valence-electron chi connectivity index (χ3n) is 5.85. The molecule has 2 aliphatic heterocycles. The Bertz CT molecular complexity index is 921. The van der Waals surface area contributed by atoms with Crippen LogP contribution in [0.4, 0.5) is 0 Å². The lowest BCUT2D eigenvalue weighted by atomic mass is 9.95. The highest BCUT2D eigenvalue weighted by molar-refractivity contribution is 6.34. The summed E-state index contributed by atoms with van der Waals surface area (Å²) >= 11 is 6.43. The highest BCUT2D eigenvalue weighted by Gasteiger charge is 2.35. The number of carbonyl (C=O) groups excluding carboxylic acids is 1. The molecule has 5 nitrogen and oxygen atoms in total. The van der Waals surface area contributed by atoms with E-state index in [4.69, 9.17) is 16.7 Å². The maximum atomic E-state index is 13.3. The number of hydrogen-bond acceptors (Lipinski definition) is 4. The van der Waals surface area contributed by atoms with Gasteiger partial charge < -0.3 is 4.90 Å². The quantitative estimate of drug-likeness (QED) is 0.773. The minimum absolute atomic E-state index is 0.0462. The number of benzene rings is 2. The average Bonchev–Trinajstić information content (AvgIpc) is 3.15. The molecule has 0 N–H and O–H groups in total. The fraction of sp³-hybridized carbons (Fsp3) is 0.391. The van der Waals surface area contributed by atoms with Gasteiger partial charge in [0, 0.05) is 43.2 Å². The van der Waals surface area contributed by atoms with Gasteiger partial charge in [-0.3, -0.25) is 9.69 Å². The topological polar surface area (TPSA) is 39.2 Å². The summed E-state index contributed by atoms with van der Waals surface area (Å²) in [6.07, 6.45) is 0.670. The average molecular weight is 411 g/mol. The number of aryl methyl sites for hydroxylation is 1. The van der Waals surface area contributed by atoms with Gasteiger partial charge in [0.05, 0.1) is 18.3 Å². The minimum atomic E-state index is -0.0950. The summed E-state index contributed by atoms with van der Waals surface area (Å²) in [5.74, 6) is 0.0462. The standard InChI is InChI=1S/C23H27ClN4O/c1-17-7-3-4-8-18(17)22-15-21(19-9-5-6-10-20(19)24)25-28(22)23(29)16-27-13-11-26(2)12-14-27/h3-10,22H,11-16H2,1-2H3. The van der Waals surface area contributed by atoms with Gasteiger partial charge in [0.1, 0.15) is 0 Å². The molecule has 6 heteroatoms. The fourth-order valence-electron chi connectivity index (χ4n) is 4.07. The molecule has 4 rings (SSSR count). The van der Waals surface area contributed by atoms with Crippen LogP contribution in [0.15, 0.2) is 53.6 Å². The lowest BCUT2D eigenvalue weighted by Gasteiger charge is -2.33. The lowest BCUT2D eigenvalue weighted by molar-refractivity contribution is -0.134. The normalized spacial score (nSPS) is 20.7. The van der Waals surface area contributed by atoms with Crippen LogP contribution in [0.25, 0.3) is 0 Å². The van der Waals surface area contributed by atoms with Gasteiger partial charge in [0.2, 0.25) is 0 Å². The number of halogens is 1. The van der Waals surface area contributed by atoms with Crippen molar-refractivity contribution in [3.63, 3.8) is 0 Å². The summed E-state index contributed by atoms with van der Waals surface area (Å²) in [7, 11) is 2.12. The molecule has 2 heterocycles. The van der Waals surface area contributed by atoms with E-state index in [2.05, 4.69) is 35.9 Å².